The quantitative estimate of drug-likeness (QED) is 0.701. The van der Waals surface area contributed by atoms with Gasteiger partial charge in [-0.2, -0.15) is 0 Å². The first kappa shape index (κ1) is 21.1. The van der Waals surface area contributed by atoms with Crippen molar-refractivity contribution in [1.29, 1.82) is 0 Å². The maximum absolute atomic E-state index is 13.0. The number of imide groups is 1. The van der Waals surface area contributed by atoms with Gasteiger partial charge in [0, 0.05) is 5.02 Å². The molecule has 1 aliphatic carbocycles. The average molecular weight is 409 g/mol. The lowest BCUT2D eigenvalue weighted by atomic mass is 9.84. The van der Waals surface area contributed by atoms with Crippen LogP contribution in [0.4, 0.5) is 4.79 Å². The zero-order valence-corrected chi connectivity index (χ0v) is 17.1. The summed E-state index contributed by atoms with van der Waals surface area (Å²) in [7, 11) is 0. The van der Waals surface area contributed by atoms with Crippen molar-refractivity contribution in [3.63, 3.8) is 0 Å². The van der Waals surface area contributed by atoms with Gasteiger partial charge in [0.25, 0.3) is 5.91 Å². The van der Waals surface area contributed by atoms with Gasteiger partial charge in [0.2, 0.25) is 0 Å². The van der Waals surface area contributed by atoms with E-state index in [2.05, 4.69) is 5.32 Å². The van der Waals surface area contributed by atoms with Crippen LogP contribution in [0, 0.1) is 0 Å². The van der Waals surface area contributed by atoms with E-state index in [1.54, 1.807) is 12.1 Å². The number of carbonyl (C=O) groups is 2. The number of β-amino-alcohol motifs (C(OH)–C–C–N with tert-alkyl or cyclic N) is 1. The molecule has 6 nitrogen and oxygen atoms in total. The van der Waals surface area contributed by atoms with Crippen LogP contribution >= 0.6 is 11.6 Å². The van der Waals surface area contributed by atoms with Gasteiger partial charge in [0.05, 0.1) is 25.4 Å². The molecule has 154 valence electrons. The molecule has 0 bridgehead atoms. The van der Waals surface area contributed by atoms with E-state index in [1.807, 2.05) is 19.1 Å². The molecule has 2 atom stereocenters. The minimum atomic E-state index is -0.937. The van der Waals surface area contributed by atoms with Gasteiger partial charge in [-0.05, 0) is 37.5 Å². The summed E-state index contributed by atoms with van der Waals surface area (Å²) in [5.41, 5.74) is 0.161. The summed E-state index contributed by atoms with van der Waals surface area (Å²) in [5.74, 6) is -0.204. The van der Waals surface area contributed by atoms with Crippen LogP contribution in [0.1, 0.15) is 63.5 Å². The lowest BCUT2D eigenvalue weighted by Gasteiger charge is -2.29. The topological polar surface area (TPSA) is 78.9 Å². The van der Waals surface area contributed by atoms with Crippen molar-refractivity contribution < 1.29 is 19.4 Å². The van der Waals surface area contributed by atoms with E-state index in [-0.39, 0.29) is 25.2 Å². The van der Waals surface area contributed by atoms with Gasteiger partial charge in [0.15, 0.2) is 0 Å². The molecule has 2 N–H and O–H groups in total. The smallest absolute Gasteiger partial charge is 0.325 e. The normalized spacial score (nSPS) is 21.9. The van der Waals surface area contributed by atoms with E-state index < -0.39 is 17.7 Å². The highest BCUT2D eigenvalue weighted by atomic mass is 35.5. The minimum absolute atomic E-state index is 0.0356. The number of rotatable bonds is 6. The molecular formula is C21H29ClN2O4. The summed E-state index contributed by atoms with van der Waals surface area (Å²) in [6.45, 7) is 1.86. The molecule has 3 rings (SSSR count). The summed E-state index contributed by atoms with van der Waals surface area (Å²) in [6.07, 6.45) is 5.41. The molecule has 28 heavy (non-hydrogen) atoms. The number of nitrogens with one attached hydrogen (secondary N) is 1. The Labute approximate surface area is 171 Å². The average Bonchev–Trinajstić information content (AvgIpc) is 2.88. The number of amides is 3. The fourth-order valence-corrected chi connectivity index (χ4v) is 4.16. The molecule has 2 aliphatic rings. The predicted octanol–water partition coefficient (Wildman–Crippen LogP) is 3.81. The zero-order chi connectivity index (χ0) is 20.1. The third kappa shape index (κ3) is 4.85. The van der Waals surface area contributed by atoms with E-state index in [0.29, 0.717) is 17.9 Å². The second-order valence-electron chi connectivity index (χ2n) is 7.88. The first-order valence-corrected chi connectivity index (χ1v) is 10.5. The molecule has 1 aromatic rings. The van der Waals surface area contributed by atoms with Crippen molar-refractivity contribution in [2.24, 2.45) is 0 Å². The molecule has 1 saturated carbocycles. The van der Waals surface area contributed by atoms with Gasteiger partial charge in [0.1, 0.15) is 5.54 Å². The fourth-order valence-electron chi connectivity index (χ4n) is 4.04. The highest BCUT2D eigenvalue weighted by Crippen LogP contribution is 2.32. The highest BCUT2D eigenvalue weighted by Gasteiger charge is 2.50. The Morgan fingerprint density at radius 2 is 1.75 bits per heavy atom. The molecule has 2 fully saturated rings. The van der Waals surface area contributed by atoms with Crippen LogP contribution in [0.5, 0.6) is 0 Å². The Balaban J connectivity index is 1.54. The van der Waals surface area contributed by atoms with Gasteiger partial charge >= 0.3 is 6.03 Å². The van der Waals surface area contributed by atoms with Gasteiger partial charge in [-0.25, -0.2) is 4.79 Å². The molecule has 0 aromatic heterocycles. The van der Waals surface area contributed by atoms with E-state index in [1.165, 1.54) is 6.42 Å². The molecule has 1 spiro atoms. The monoisotopic (exact) mass is 408 g/mol. The SMILES string of the molecule is CC(OCC(O)CN1C(=O)NC2(CCCCCCC2)C1=O)c1ccc(Cl)cc1. The number of aliphatic hydroxyl groups excluding tert-OH is 1. The van der Waals surface area contributed by atoms with Crippen LogP contribution < -0.4 is 5.32 Å². The zero-order valence-electron chi connectivity index (χ0n) is 16.3. The minimum Gasteiger partial charge on any atom is -0.389 e. The maximum atomic E-state index is 13.0. The van der Waals surface area contributed by atoms with E-state index >= 15 is 0 Å². The second-order valence-corrected chi connectivity index (χ2v) is 8.31. The van der Waals surface area contributed by atoms with Crippen LogP contribution in [0.2, 0.25) is 5.02 Å². The van der Waals surface area contributed by atoms with Crippen molar-refractivity contribution in [2.45, 2.75) is 69.6 Å². The number of ether oxygens (including phenoxy) is 1. The number of hydrogen-bond donors (Lipinski definition) is 2. The Morgan fingerprint density at radius 1 is 1.14 bits per heavy atom. The maximum Gasteiger partial charge on any atom is 0.325 e. The summed E-state index contributed by atoms with van der Waals surface area (Å²) in [6, 6.07) is 6.91. The number of hydrogen-bond acceptors (Lipinski definition) is 4. The van der Waals surface area contributed by atoms with Crippen molar-refractivity contribution >= 4 is 23.5 Å². The Bertz CT molecular complexity index is 686. The molecule has 7 heteroatoms. The van der Waals surface area contributed by atoms with Crippen molar-refractivity contribution in [3.8, 4) is 0 Å². The van der Waals surface area contributed by atoms with Crippen LogP contribution in [-0.4, -0.2) is 46.7 Å². The summed E-state index contributed by atoms with van der Waals surface area (Å²) in [4.78, 5) is 26.5. The molecule has 1 saturated heterocycles. The lowest BCUT2D eigenvalue weighted by Crippen LogP contribution is -2.48. The number of urea groups is 1. The van der Waals surface area contributed by atoms with E-state index in [9.17, 15) is 14.7 Å². The number of benzene rings is 1. The first-order chi connectivity index (χ1) is 13.4. The van der Waals surface area contributed by atoms with Gasteiger partial charge in [-0.15, -0.1) is 0 Å². The fraction of sp³-hybridized carbons (Fsp3) is 0.619. The summed E-state index contributed by atoms with van der Waals surface area (Å²) in [5, 5.41) is 13.9. The lowest BCUT2D eigenvalue weighted by molar-refractivity contribution is -0.133. The van der Waals surface area contributed by atoms with Crippen molar-refractivity contribution in [3.05, 3.63) is 34.9 Å². The molecule has 3 amide bonds. The van der Waals surface area contributed by atoms with Crippen LogP contribution in [-0.2, 0) is 9.53 Å². The number of aliphatic hydroxyl groups is 1. The van der Waals surface area contributed by atoms with Crippen LogP contribution in [0.15, 0.2) is 24.3 Å². The van der Waals surface area contributed by atoms with Crippen molar-refractivity contribution in [2.75, 3.05) is 13.2 Å². The van der Waals surface area contributed by atoms with Crippen molar-refractivity contribution in [1.82, 2.24) is 10.2 Å². The largest absolute Gasteiger partial charge is 0.389 e. The third-order valence-corrected chi connectivity index (χ3v) is 5.98. The van der Waals surface area contributed by atoms with E-state index in [0.717, 1.165) is 36.1 Å². The number of halogens is 1. The van der Waals surface area contributed by atoms with E-state index in [4.69, 9.17) is 16.3 Å². The summed E-state index contributed by atoms with van der Waals surface area (Å²) >= 11 is 5.89. The Kier molecular flexibility index (Phi) is 6.96. The molecule has 1 heterocycles. The first-order valence-electron chi connectivity index (χ1n) is 10.1. The van der Waals surface area contributed by atoms with Gasteiger partial charge < -0.3 is 15.2 Å². The molecule has 2 unspecified atom stereocenters. The van der Waals surface area contributed by atoms with Gasteiger partial charge in [-0.1, -0.05) is 55.8 Å². The second kappa shape index (κ2) is 9.25. The molecule has 1 aromatic carbocycles. The third-order valence-electron chi connectivity index (χ3n) is 5.72. The van der Waals surface area contributed by atoms with Gasteiger partial charge in [-0.3, -0.25) is 9.69 Å². The molecular weight excluding hydrogens is 380 g/mol. The molecule has 1 aliphatic heterocycles. The predicted molar refractivity (Wildman–Crippen MR) is 107 cm³/mol. The standard InChI is InChI=1S/C21H29ClN2O4/c1-15(16-7-9-17(22)10-8-16)28-14-18(25)13-24-19(26)21(23-20(24)27)11-5-3-2-4-6-12-21/h7-10,15,18,25H,2-6,11-14H2,1H3,(H,23,27). The Morgan fingerprint density at radius 3 is 2.39 bits per heavy atom. The number of nitrogens with zero attached hydrogens (tertiary/aromatic N) is 1. The number of carbonyl (C=O) groups excluding carboxylic acids is 2. The highest BCUT2D eigenvalue weighted by molar-refractivity contribution is 6.30. The molecule has 0 radical (unpaired) electrons. The summed E-state index contributed by atoms with van der Waals surface area (Å²) < 4.78 is 5.72. The van der Waals surface area contributed by atoms with Crippen LogP contribution in [0.25, 0.3) is 0 Å². The van der Waals surface area contributed by atoms with Crippen LogP contribution in [0.3, 0.4) is 0 Å². The Hall–Kier alpha value is -1.63.